The third-order valence-electron chi connectivity index (χ3n) is 3.05. The number of rotatable bonds is 3. The summed E-state index contributed by atoms with van der Waals surface area (Å²) >= 11 is 0. The predicted molar refractivity (Wildman–Crippen MR) is 84.7 cm³/mol. The Kier molecular flexibility index (Phi) is 4.21. The Labute approximate surface area is 124 Å². The molecule has 2 aromatic heterocycles. The lowest BCUT2D eigenvalue weighted by atomic mass is 9.90. The van der Waals surface area contributed by atoms with Crippen LogP contribution in [0.3, 0.4) is 0 Å². The maximum Gasteiger partial charge on any atom is 0.255 e. The third kappa shape index (κ3) is 3.78. The molecule has 0 aliphatic carbocycles. The van der Waals surface area contributed by atoms with E-state index in [2.05, 4.69) is 41.4 Å². The molecule has 0 atom stereocenters. The summed E-state index contributed by atoms with van der Waals surface area (Å²) < 4.78 is 0. The first-order valence-electron chi connectivity index (χ1n) is 6.82. The van der Waals surface area contributed by atoms with Gasteiger partial charge in [0.2, 0.25) is 0 Å². The minimum atomic E-state index is -0.161. The number of hydrogen-bond acceptors (Lipinski definition) is 4. The Bertz CT molecular complexity index is 632. The molecule has 2 aromatic rings. The van der Waals surface area contributed by atoms with Crippen LogP contribution in [-0.2, 0) is 5.41 Å². The molecule has 0 aliphatic heterocycles. The van der Waals surface area contributed by atoms with Crippen molar-refractivity contribution in [2.75, 3.05) is 17.7 Å². The maximum atomic E-state index is 12.4. The van der Waals surface area contributed by atoms with Crippen LogP contribution in [0.1, 0.15) is 36.8 Å². The molecular formula is C16H20N4O. The average Bonchev–Trinajstić information content (AvgIpc) is 2.46. The number of nitrogens with zero attached hydrogens (tertiary/aromatic N) is 2. The van der Waals surface area contributed by atoms with Crippen molar-refractivity contribution in [2.24, 2.45) is 0 Å². The fourth-order valence-corrected chi connectivity index (χ4v) is 1.81. The minimum absolute atomic E-state index is 0.126. The topological polar surface area (TPSA) is 66.9 Å². The fourth-order valence-electron chi connectivity index (χ4n) is 1.81. The highest BCUT2D eigenvalue weighted by Gasteiger charge is 2.19. The summed E-state index contributed by atoms with van der Waals surface area (Å²) in [6, 6.07) is 7.08. The lowest BCUT2D eigenvalue weighted by molar-refractivity contribution is 0.102. The van der Waals surface area contributed by atoms with E-state index in [-0.39, 0.29) is 11.3 Å². The summed E-state index contributed by atoms with van der Waals surface area (Å²) in [5, 5.41) is 5.85. The van der Waals surface area contributed by atoms with Gasteiger partial charge in [0.15, 0.2) is 0 Å². The van der Waals surface area contributed by atoms with Crippen molar-refractivity contribution in [2.45, 2.75) is 26.2 Å². The maximum absolute atomic E-state index is 12.4. The first-order valence-corrected chi connectivity index (χ1v) is 6.82. The molecule has 0 fully saturated rings. The van der Waals surface area contributed by atoms with Gasteiger partial charge in [-0.1, -0.05) is 20.8 Å². The Morgan fingerprint density at radius 1 is 1.14 bits per heavy atom. The number of carbonyl (C=O) groups is 1. The summed E-state index contributed by atoms with van der Waals surface area (Å²) in [5.74, 6) is 0.521. The van der Waals surface area contributed by atoms with Crippen molar-refractivity contribution in [3.63, 3.8) is 0 Å². The zero-order valence-electron chi connectivity index (χ0n) is 12.8. The van der Waals surface area contributed by atoms with Gasteiger partial charge < -0.3 is 10.6 Å². The van der Waals surface area contributed by atoms with Crippen LogP contribution in [0.5, 0.6) is 0 Å². The zero-order chi connectivity index (χ0) is 15.5. The summed E-state index contributed by atoms with van der Waals surface area (Å²) in [5.41, 5.74) is 2.04. The smallest absolute Gasteiger partial charge is 0.255 e. The van der Waals surface area contributed by atoms with Gasteiger partial charge >= 0.3 is 0 Å². The molecule has 5 nitrogen and oxygen atoms in total. The molecule has 1 amide bonds. The number of carbonyl (C=O) groups excluding carboxylic acids is 1. The van der Waals surface area contributed by atoms with Gasteiger partial charge in [-0.05, 0) is 24.3 Å². The van der Waals surface area contributed by atoms with E-state index < -0.39 is 0 Å². The number of hydrogen-bond donors (Lipinski definition) is 2. The van der Waals surface area contributed by atoms with Crippen molar-refractivity contribution in [1.82, 2.24) is 9.97 Å². The van der Waals surface area contributed by atoms with E-state index in [1.54, 1.807) is 37.6 Å². The van der Waals surface area contributed by atoms with Crippen LogP contribution in [0.2, 0.25) is 0 Å². The number of anilines is 2. The highest BCUT2D eigenvalue weighted by atomic mass is 16.1. The van der Waals surface area contributed by atoms with Crippen LogP contribution in [0, 0.1) is 0 Å². The highest BCUT2D eigenvalue weighted by molar-refractivity contribution is 6.04. The monoisotopic (exact) mass is 284 g/mol. The lowest BCUT2D eigenvalue weighted by Crippen LogP contribution is -2.18. The van der Waals surface area contributed by atoms with E-state index in [1.165, 1.54) is 0 Å². The van der Waals surface area contributed by atoms with E-state index >= 15 is 0 Å². The van der Waals surface area contributed by atoms with Crippen LogP contribution in [0.25, 0.3) is 0 Å². The molecule has 0 aromatic carbocycles. The second kappa shape index (κ2) is 5.91. The average molecular weight is 284 g/mol. The van der Waals surface area contributed by atoms with Crippen molar-refractivity contribution in [3.8, 4) is 0 Å². The molecule has 0 aliphatic rings. The van der Waals surface area contributed by atoms with Crippen molar-refractivity contribution >= 4 is 17.4 Å². The van der Waals surface area contributed by atoms with Crippen LogP contribution >= 0.6 is 0 Å². The fraction of sp³-hybridized carbons (Fsp3) is 0.312. The van der Waals surface area contributed by atoms with Gasteiger partial charge in [0.05, 0.1) is 0 Å². The van der Waals surface area contributed by atoms with Crippen molar-refractivity contribution in [3.05, 3.63) is 47.9 Å². The summed E-state index contributed by atoms with van der Waals surface area (Å²) in [6.07, 6.45) is 3.28. The van der Waals surface area contributed by atoms with E-state index in [1.807, 2.05) is 6.07 Å². The van der Waals surface area contributed by atoms with Gasteiger partial charge in [0, 0.05) is 41.8 Å². The Hall–Kier alpha value is -2.43. The molecule has 0 spiro atoms. The molecule has 0 saturated heterocycles. The van der Waals surface area contributed by atoms with Gasteiger partial charge in [-0.25, -0.2) is 4.98 Å². The van der Waals surface area contributed by atoms with Crippen LogP contribution in [0.4, 0.5) is 11.5 Å². The normalized spacial score (nSPS) is 11.0. The number of aromatic nitrogens is 2. The highest BCUT2D eigenvalue weighted by Crippen LogP contribution is 2.23. The number of pyridine rings is 2. The van der Waals surface area contributed by atoms with E-state index in [4.69, 9.17) is 0 Å². The van der Waals surface area contributed by atoms with Crippen LogP contribution in [0.15, 0.2) is 36.7 Å². The molecule has 2 N–H and O–H groups in total. The zero-order valence-corrected chi connectivity index (χ0v) is 12.8. The van der Waals surface area contributed by atoms with E-state index in [0.717, 1.165) is 11.4 Å². The van der Waals surface area contributed by atoms with Crippen molar-refractivity contribution < 1.29 is 4.79 Å². The standard InChI is InChI=1S/C16H20N4O/c1-16(2,3)13-9-11(10-14(17-4)20-13)15(21)19-12-5-7-18-8-6-12/h5-10H,1-4H3,(H,17,20)(H,18,19,21). The van der Waals surface area contributed by atoms with E-state index in [9.17, 15) is 4.79 Å². The van der Waals surface area contributed by atoms with Crippen LogP contribution in [-0.4, -0.2) is 22.9 Å². The second-order valence-electron chi connectivity index (χ2n) is 5.82. The third-order valence-corrected chi connectivity index (χ3v) is 3.05. The first kappa shape index (κ1) is 15.0. The molecule has 0 bridgehead atoms. The Morgan fingerprint density at radius 2 is 1.81 bits per heavy atom. The van der Waals surface area contributed by atoms with E-state index in [0.29, 0.717) is 11.4 Å². The molecule has 0 unspecified atom stereocenters. The molecular weight excluding hydrogens is 264 g/mol. The molecule has 110 valence electrons. The van der Waals surface area contributed by atoms with Gasteiger partial charge in [-0.2, -0.15) is 0 Å². The largest absolute Gasteiger partial charge is 0.373 e. The molecule has 2 rings (SSSR count). The first-order chi connectivity index (χ1) is 9.90. The van der Waals surface area contributed by atoms with Crippen LogP contribution < -0.4 is 10.6 Å². The molecule has 0 saturated carbocycles. The predicted octanol–water partition coefficient (Wildman–Crippen LogP) is 3.07. The molecule has 5 heteroatoms. The number of nitrogens with one attached hydrogen (secondary N) is 2. The second-order valence-corrected chi connectivity index (χ2v) is 5.82. The number of amides is 1. The van der Waals surface area contributed by atoms with Gasteiger partial charge in [-0.15, -0.1) is 0 Å². The Balaban J connectivity index is 2.32. The molecule has 2 heterocycles. The molecule has 0 radical (unpaired) electrons. The minimum Gasteiger partial charge on any atom is -0.373 e. The van der Waals surface area contributed by atoms with Crippen molar-refractivity contribution in [1.29, 1.82) is 0 Å². The summed E-state index contributed by atoms with van der Waals surface area (Å²) in [6.45, 7) is 6.21. The lowest BCUT2D eigenvalue weighted by Gasteiger charge is -2.19. The van der Waals surface area contributed by atoms with Gasteiger partial charge in [-0.3, -0.25) is 9.78 Å². The SMILES string of the molecule is CNc1cc(C(=O)Nc2ccncc2)cc(C(C)(C)C)n1. The molecule has 21 heavy (non-hydrogen) atoms. The summed E-state index contributed by atoms with van der Waals surface area (Å²) in [7, 11) is 1.79. The van der Waals surface area contributed by atoms with Gasteiger partial charge in [0.25, 0.3) is 5.91 Å². The van der Waals surface area contributed by atoms with Gasteiger partial charge in [0.1, 0.15) is 5.82 Å². The Morgan fingerprint density at radius 3 is 2.38 bits per heavy atom. The summed E-state index contributed by atoms with van der Waals surface area (Å²) in [4.78, 5) is 20.8. The quantitative estimate of drug-likeness (QED) is 0.909.